The molecule has 0 bridgehead atoms. The zero-order valence-electron chi connectivity index (χ0n) is 11.0. The van der Waals surface area contributed by atoms with Gasteiger partial charge in [0.25, 0.3) is 0 Å². The van der Waals surface area contributed by atoms with Crippen LogP contribution in [0.3, 0.4) is 0 Å². The maximum absolute atomic E-state index is 11.8. The summed E-state index contributed by atoms with van der Waals surface area (Å²) in [5.74, 6) is -0.0963. The summed E-state index contributed by atoms with van der Waals surface area (Å²) in [5.41, 5.74) is 2.05. The van der Waals surface area contributed by atoms with Crippen LogP contribution in [-0.2, 0) is 20.4 Å². The number of ether oxygens (including phenoxy) is 1. The van der Waals surface area contributed by atoms with Crippen molar-refractivity contribution in [2.45, 2.75) is 44.9 Å². The molecule has 1 atom stereocenters. The molecule has 1 aliphatic rings. The number of hydrogen-bond acceptors (Lipinski definition) is 2. The number of esters is 1. The van der Waals surface area contributed by atoms with Crippen molar-refractivity contribution < 1.29 is 9.53 Å². The first kappa shape index (κ1) is 12.2. The van der Waals surface area contributed by atoms with Gasteiger partial charge in [-0.2, -0.15) is 0 Å². The van der Waals surface area contributed by atoms with Crippen LogP contribution in [0, 0.1) is 0 Å². The lowest BCUT2D eigenvalue weighted by molar-refractivity contribution is -0.142. The molecule has 0 N–H and O–H groups in total. The van der Waals surface area contributed by atoms with Gasteiger partial charge in [-0.15, -0.1) is 0 Å². The molecule has 0 aliphatic carbocycles. The van der Waals surface area contributed by atoms with Crippen LogP contribution in [0.5, 0.6) is 0 Å². The quantitative estimate of drug-likeness (QED) is 0.695. The number of rotatable bonds is 1. The minimum absolute atomic E-state index is 0.0963. The van der Waals surface area contributed by atoms with Gasteiger partial charge >= 0.3 is 5.97 Å². The average molecular weight is 232 g/mol. The lowest BCUT2D eigenvalue weighted by Gasteiger charge is -2.23. The summed E-state index contributed by atoms with van der Waals surface area (Å²) in [6.45, 7) is 9.07. The molecule has 0 amide bonds. The highest BCUT2D eigenvalue weighted by atomic mass is 16.5. The average Bonchev–Trinajstić information content (AvgIpc) is 2.60. The van der Waals surface area contributed by atoms with Gasteiger partial charge < -0.3 is 4.74 Å². The van der Waals surface area contributed by atoms with Crippen molar-refractivity contribution in [1.82, 2.24) is 0 Å². The molecule has 1 aromatic rings. The van der Waals surface area contributed by atoms with Crippen LogP contribution >= 0.6 is 0 Å². The molecule has 92 valence electrons. The highest BCUT2D eigenvalue weighted by Gasteiger charge is 2.41. The van der Waals surface area contributed by atoms with Crippen LogP contribution in [0.25, 0.3) is 0 Å². The van der Waals surface area contributed by atoms with Crippen molar-refractivity contribution in [2.75, 3.05) is 6.61 Å². The summed E-state index contributed by atoms with van der Waals surface area (Å²) in [6, 6.07) is 8.36. The number of carbonyl (C=O) groups is 1. The van der Waals surface area contributed by atoms with E-state index < -0.39 is 5.41 Å². The van der Waals surface area contributed by atoms with Gasteiger partial charge in [0.05, 0.1) is 12.0 Å². The maximum Gasteiger partial charge on any atom is 0.316 e. The molecule has 0 radical (unpaired) electrons. The second-order valence-electron chi connectivity index (χ2n) is 6.05. The summed E-state index contributed by atoms with van der Waals surface area (Å²) in [6.07, 6.45) is 0.778. The highest BCUT2D eigenvalue weighted by molar-refractivity contribution is 5.84. The van der Waals surface area contributed by atoms with E-state index >= 15 is 0 Å². The van der Waals surface area contributed by atoms with Gasteiger partial charge in [0.15, 0.2) is 0 Å². The van der Waals surface area contributed by atoms with E-state index in [2.05, 4.69) is 45.0 Å². The number of hydrogen-bond donors (Lipinski definition) is 0. The Labute approximate surface area is 103 Å². The van der Waals surface area contributed by atoms with Crippen LogP contribution in [0.4, 0.5) is 0 Å². The molecule has 0 aromatic heterocycles. The molecule has 0 unspecified atom stereocenters. The first-order chi connectivity index (χ1) is 7.84. The summed E-state index contributed by atoms with van der Waals surface area (Å²) < 4.78 is 5.08. The SMILES string of the molecule is CC(C)(C)c1ccc([C@@]2(C)CCOC2=O)cc1. The summed E-state index contributed by atoms with van der Waals surface area (Å²) in [7, 11) is 0. The Hall–Kier alpha value is -1.31. The van der Waals surface area contributed by atoms with Crippen molar-refractivity contribution in [3.05, 3.63) is 35.4 Å². The minimum Gasteiger partial charge on any atom is -0.465 e. The van der Waals surface area contributed by atoms with Crippen LogP contribution in [-0.4, -0.2) is 12.6 Å². The van der Waals surface area contributed by atoms with Crippen LogP contribution in [0.15, 0.2) is 24.3 Å². The molecule has 1 aliphatic heterocycles. The van der Waals surface area contributed by atoms with Crippen molar-refractivity contribution >= 4 is 5.97 Å². The molecule has 2 nitrogen and oxygen atoms in total. The van der Waals surface area contributed by atoms with E-state index in [9.17, 15) is 4.79 Å². The third kappa shape index (κ3) is 2.08. The molecule has 17 heavy (non-hydrogen) atoms. The molecule has 0 spiro atoms. The zero-order valence-corrected chi connectivity index (χ0v) is 11.0. The van der Waals surface area contributed by atoms with Crippen LogP contribution in [0.1, 0.15) is 45.2 Å². The van der Waals surface area contributed by atoms with Crippen molar-refractivity contribution in [1.29, 1.82) is 0 Å². The zero-order chi connectivity index (χ0) is 12.7. The lowest BCUT2D eigenvalue weighted by atomic mass is 9.79. The first-order valence-corrected chi connectivity index (χ1v) is 6.12. The van der Waals surface area contributed by atoms with Crippen LogP contribution in [0.2, 0.25) is 0 Å². The van der Waals surface area contributed by atoms with E-state index in [1.165, 1.54) is 5.56 Å². The predicted molar refractivity (Wildman–Crippen MR) is 68.1 cm³/mol. The third-order valence-corrected chi connectivity index (χ3v) is 3.67. The normalized spacial score (nSPS) is 24.8. The second-order valence-corrected chi connectivity index (χ2v) is 6.05. The van der Waals surface area contributed by atoms with Crippen molar-refractivity contribution in [3.63, 3.8) is 0 Å². The fourth-order valence-corrected chi connectivity index (χ4v) is 2.21. The fourth-order valence-electron chi connectivity index (χ4n) is 2.21. The molecular formula is C15H20O2. The molecule has 0 saturated carbocycles. The fraction of sp³-hybridized carbons (Fsp3) is 0.533. The van der Waals surface area contributed by atoms with Crippen LogP contribution < -0.4 is 0 Å². The van der Waals surface area contributed by atoms with Gasteiger partial charge in [-0.1, -0.05) is 45.0 Å². The summed E-state index contributed by atoms with van der Waals surface area (Å²) in [5, 5.41) is 0. The van der Waals surface area contributed by atoms with E-state index in [0.717, 1.165) is 12.0 Å². The molecule has 2 rings (SSSR count). The Morgan fingerprint density at radius 3 is 2.18 bits per heavy atom. The molecule has 1 heterocycles. The lowest BCUT2D eigenvalue weighted by Crippen LogP contribution is -2.27. The van der Waals surface area contributed by atoms with Gasteiger partial charge in [-0.25, -0.2) is 0 Å². The Balaban J connectivity index is 2.33. The molecule has 1 saturated heterocycles. The monoisotopic (exact) mass is 232 g/mol. The summed E-state index contributed by atoms with van der Waals surface area (Å²) in [4.78, 5) is 11.8. The Morgan fingerprint density at radius 1 is 1.18 bits per heavy atom. The largest absolute Gasteiger partial charge is 0.465 e. The van der Waals surface area contributed by atoms with Gasteiger partial charge in [0, 0.05) is 6.42 Å². The van der Waals surface area contributed by atoms with E-state index in [4.69, 9.17) is 4.74 Å². The minimum atomic E-state index is -0.448. The topological polar surface area (TPSA) is 26.3 Å². The first-order valence-electron chi connectivity index (χ1n) is 6.12. The number of cyclic esters (lactones) is 1. The molecule has 1 fully saturated rings. The Kier molecular flexibility index (Phi) is 2.76. The highest BCUT2D eigenvalue weighted by Crippen LogP contribution is 2.34. The van der Waals surface area contributed by atoms with Gasteiger partial charge in [-0.3, -0.25) is 4.79 Å². The Morgan fingerprint density at radius 2 is 1.76 bits per heavy atom. The van der Waals surface area contributed by atoms with E-state index in [-0.39, 0.29) is 11.4 Å². The van der Waals surface area contributed by atoms with E-state index in [0.29, 0.717) is 6.61 Å². The van der Waals surface area contributed by atoms with Gasteiger partial charge in [0.1, 0.15) is 0 Å². The van der Waals surface area contributed by atoms with E-state index in [1.807, 2.05) is 6.92 Å². The molecule has 2 heteroatoms. The van der Waals surface area contributed by atoms with Gasteiger partial charge in [-0.05, 0) is 23.5 Å². The van der Waals surface area contributed by atoms with Gasteiger partial charge in [0.2, 0.25) is 0 Å². The standard InChI is InChI=1S/C15H20O2/c1-14(2,3)11-5-7-12(8-6-11)15(4)9-10-17-13(15)16/h5-8H,9-10H2,1-4H3/t15-/m1/s1. The third-order valence-electron chi connectivity index (χ3n) is 3.67. The Bertz CT molecular complexity index is 425. The molecule has 1 aromatic carbocycles. The summed E-state index contributed by atoms with van der Waals surface area (Å²) >= 11 is 0. The van der Waals surface area contributed by atoms with Crippen molar-refractivity contribution in [2.24, 2.45) is 0 Å². The second kappa shape index (κ2) is 3.86. The number of carbonyl (C=O) groups excluding carboxylic acids is 1. The van der Waals surface area contributed by atoms with E-state index in [1.54, 1.807) is 0 Å². The maximum atomic E-state index is 11.8. The van der Waals surface area contributed by atoms with Crippen molar-refractivity contribution in [3.8, 4) is 0 Å². The molecular weight excluding hydrogens is 212 g/mol. The smallest absolute Gasteiger partial charge is 0.316 e. The number of benzene rings is 1. The predicted octanol–water partition coefficient (Wildman–Crippen LogP) is 3.19.